The van der Waals surface area contributed by atoms with Crippen molar-refractivity contribution in [2.24, 2.45) is 0 Å². The van der Waals surface area contributed by atoms with E-state index in [1.807, 2.05) is 0 Å². The highest BCUT2D eigenvalue weighted by Gasteiger charge is 2.16. The zero-order chi connectivity index (χ0) is 14.8. The number of aromatic hydroxyl groups is 1. The van der Waals surface area contributed by atoms with Gasteiger partial charge in [-0.2, -0.15) is 9.97 Å². The minimum Gasteiger partial charge on any atom is -0.493 e. The Bertz CT molecular complexity index is 716. The number of aromatic nitrogens is 2. The number of nitrogens with zero attached hydrogens (tertiary/aromatic N) is 2. The van der Waals surface area contributed by atoms with E-state index < -0.39 is 15.9 Å². The number of hydrogen-bond donors (Lipinski definition) is 3. The standard InChI is InChI=1S/C11H12N4O4S/c1-19-11-13-9(6-10(16)14-11)15-20(17,18)8-4-2-7(12)3-5-8/h2-6H,12H2,1H3,(H2,13,14,15,16). The minimum atomic E-state index is -3.83. The second-order valence-electron chi connectivity index (χ2n) is 3.77. The normalized spacial score (nSPS) is 11.1. The molecule has 0 aliphatic carbocycles. The van der Waals surface area contributed by atoms with Gasteiger partial charge in [0, 0.05) is 11.8 Å². The average molecular weight is 296 g/mol. The second-order valence-corrected chi connectivity index (χ2v) is 5.46. The molecular formula is C11H12N4O4S. The molecule has 4 N–H and O–H groups in total. The number of rotatable bonds is 4. The third kappa shape index (κ3) is 3.06. The molecule has 0 amide bonds. The summed E-state index contributed by atoms with van der Waals surface area (Å²) < 4.78 is 31.1. The number of nitrogens with one attached hydrogen (secondary N) is 1. The van der Waals surface area contributed by atoms with Crippen LogP contribution in [0.1, 0.15) is 0 Å². The highest BCUT2D eigenvalue weighted by Crippen LogP contribution is 2.20. The van der Waals surface area contributed by atoms with Gasteiger partial charge in [0.15, 0.2) is 5.82 Å². The Balaban J connectivity index is 2.33. The van der Waals surface area contributed by atoms with E-state index in [-0.39, 0.29) is 16.7 Å². The number of anilines is 2. The maximum absolute atomic E-state index is 12.1. The Morgan fingerprint density at radius 1 is 1.25 bits per heavy atom. The summed E-state index contributed by atoms with van der Waals surface area (Å²) in [5.74, 6) is -0.516. The topological polar surface area (TPSA) is 127 Å². The first-order valence-corrected chi connectivity index (χ1v) is 6.89. The van der Waals surface area contributed by atoms with Gasteiger partial charge in [-0.25, -0.2) is 8.42 Å². The van der Waals surface area contributed by atoms with Gasteiger partial charge in [0.05, 0.1) is 12.0 Å². The summed E-state index contributed by atoms with van der Waals surface area (Å²) in [6.45, 7) is 0. The van der Waals surface area contributed by atoms with E-state index in [0.717, 1.165) is 6.07 Å². The van der Waals surface area contributed by atoms with Crippen molar-refractivity contribution in [1.82, 2.24) is 9.97 Å². The molecule has 2 aromatic rings. The van der Waals surface area contributed by atoms with Gasteiger partial charge in [0.1, 0.15) is 0 Å². The van der Waals surface area contributed by atoms with Gasteiger partial charge in [0.2, 0.25) is 5.88 Å². The van der Waals surface area contributed by atoms with E-state index in [1.54, 1.807) is 0 Å². The molecule has 0 spiro atoms. The lowest BCUT2D eigenvalue weighted by Crippen LogP contribution is -2.14. The number of ether oxygens (including phenoxy) is 1. The Morgan fingerprint density at radius 3 is 2.50 bits per heavy atom. The number of sulfonamides is 1. The summed E-state index contributed by atoms with van der Waals surface area (Å²) >= 11 is 0. The van der Waals surface area contributed by atoms with Crippen molar-refractivity contribution in [2.45, 2.75) is 4.90 Å². The van der Waals surface area contributed by atoms with Crippen molar-refractivity contribution in [3.05, 3.63) is 30.3 Å². The molecule has 0 fully saturated rings. The molecule has 0 atom stereocenters. The van der Waals surface area contributed by atoms with Crippen LogP contribution in [0.2, 0.25) is 0 Å². The molecule has 2 rings (SSSR count). The predicted molar refractivity (Wildman–Crippen MR) is 71.9 cm³/mol. The summed E-state index contributed by atoms with van der Waals surface area (Å²) in [4.78, 5) is 7.33. The summed E-state index contributed by atoms with van der Waals surface area (Å²) in [6.07, 6.45) is 0. The van der Waals surface area contributed by atoms with Crippen LogP contribution in [0.25, 0.3) is 0 Å². The Kier molecular flexibility index (Phi) is 3.61. The SMILES string of the molecule is COc1nc(O)cc(NS(=O)(=O)c2ccc(N)cc2)n1. The summed E-state index contributed by atoms with van der Waals surface area (Å²) in [7, 11) is -2.54. The van der Waals surface area contributed by atoms with Crippen LogP contribution in [0.15, 0.2) is 35.2 Å². The minimum absolute atomic E-state index is 0.0174. The fourth-order valence-corrected chi connectivity index (χ4v) is 2.39. The molecule has 0 aliphatic heterocycles. The molecule has 0 unspecified atom stereocenters. The molecular weight excluding hydrogens is 284 g/mol. The van der Waals surface area contributed by atoms with Gasteiger partial charge >= 0.3 is 6.01 Å². The van der Waals surface area contributed by atoms with E-state index in [0.29, 0.717) is 5.69 Å². The van der Waals surface area contributed by atoms with Gasteiger partial charge in [-0.05, 0) is 24.3 Å². The van der Waals surface area contributed by atoms with Gasteiger partial charge in [-0.3, -0.25) is 4.72 Å². The van der Waals surface area contributed by atoms with Gasteiger partial charge in [0.25, 0.3) is 10.0 Å². The fraction of sp³-hybridized carbons (Fsp3) is 0.0909. The molecule has 0 aliphatic rings. The van der Waals surface area contributed by atoms with Crippen LogP contribution >= 0.6 is 0 Å². The summed E-state index contributed by atoms with van der Waals surface area (Å²) in [6, 6.07) is 6.56. The number of nitrogens with two attached hydrogens (primary N) is 1. The van der Waals surface area contributed by atoms with Crippen molar-refractivity contribution in [2.75, 3.05) is 17.6 Å². The zero-order valence-electron chi connectivity index (χ0n) is 10.4. The molecule has 1 aromatic heterocycles. The fourth-order valence-electron chi connectivity index (χ4n) is 1.40. The van der Waals surface area contributed by atoms with Crippen LogP contribution in [0.4, 0.5) is 11.5 Å². The summed E-state index contributed by atoms with van der Waals surface area (Å²) in [5, 5.41) is 9.35. The molecule has 8 nitrogen and oxygen atoms in total. The largest absolute Gasteiger partial charge is 0.493 e. The van der Waals surface area contributed by atoms with Crippen molar-refractivity contribution in [3.8, 4) is 11.9 Å². The lowest BCUT2D eigenvalue weighted by atomic mass is 10.3. The van der Waals surface area contributed by atoms with Crippen LogP contribution in [0.3, 0.4) is 0 Å². The Morgan fingerprint density at radius 2 is 1.90 bits per heavy atom. The monoisotopic (exact) mass is 296 g/mol. The van der Waals surface area contributed by atoms with Gasteiger partial charge in [-0.15, -0.1) is 0 Å². The van der Waals surface area contributed by atoms with E-state index in [2.05, 4.69) is 14.7 Å². The average Bonchev–Trinajstić information content (AvgIpc) is 2.37. The van der Waals surface area contributed by atoms with Crippen LogP contribution in [0.5, 0.6) is 11.9 Å². The van der Waals surface area contributed by atoms with E-state index in [9.17, 15) is 13.5 Å². The third-order valence-electron chi connectivity index (χ3n) is 2.30. The molecule has 1 aromatic carbocycles. The van der Waals surface area contributed by atoms with Crippen LogP contribution in [-0.2, 0) is 10.0 Å². The van der Waals surface area contributed by atoms with E-state index in [1.165, 1.54) is 31.4 Å². The maximum atomic E-state index is 12.1. The highest BCUT2D eigenvalue weighted by atomic mass is 32.2. The maximum Gasteiger partial charge on any atom is 0.321 e. The Hall–Kier alpha value is -2.55. The van der Waals surface area contributed by atoms with Crippen LogP contribution in [0, 0.1) is 0 Å². The first-order valence-electron chi connectivity index (χ1n) is 5.41. The third-order valence-corrected chi connectivity index (χ3v) is 3.67. The number of hydrogen-bond acceptors (Lipinski definition) is 7. The smallest absolute Gasteiger partial charge is 0.321 e. The molecule has 0 radical (unpaired) electrons. The predicted octanol–water partition coefficient (Wildman–Crippen LogP) is 0.574. The number of nitrogen functional groups attached to an aromatic ring is 1. The first-order chi connectivity index (χ1) is 9.40. The lowest BCUT2D eigenvalue weighted by molar-refractivity contribution is 0.364. The van der Waals surface area contributed by atoms with Crippen LogP contribution < -0.4 is 15.2 Å². The quantitative estimate of drug-likeness (QED) is 0.704. The molecule has 9 heteroatoms. The first kappa shape index (κ1) is 13.9. The highest BCUT2D eigenvalue weighted by molar-refractivity contribution is 7.92. The van der Waals surface area contributed by atoms with Crippen molar-refractivity contribution < 1.29 is 18.3 Å². The Labute approximate surface area is 115 Å². The molecule has 1 heterocycles. The molecule has 106 valence electrons. The summed E-state index contributed by atoms with van der Waals surface area (Å²) in [5.41, 5.74) is 5.94. The molecule has 0 saturated heterocycles. The second kappa shape index (κ2) is 5.21. The van der Waals surface area contributed by atoms with E-state index >= 15 is 0 Å². The van der Waals surface area contributed by atoms with Crippen molar-refractivity contribution >= 4 is 21.5 Å². The van der Waals surface area contributed by atoms with Gasteiger partial charge in [-0.1, -0.05) is 0 Å². The number of methoxy groups -OCH3 is 1. The molecule has 0 saturated carbocycles. The van der Waals surface area contributed by atoms with Gasteiger partial charge < -0.3 is 15.6 Å². The van der Waals surface area contributed by atoms with E-state index in [4.69, 9.17) is 10.5 Å². The van der Waals surface area contributed by atoms with Crippen LogP contribution in [-0.4, -0.2) is 30.6 Å². The van der Waals surface area contributed by atoms with Crippen molar-refractivity contribution in [1.29, 1.82) is 0 Å². The lowest BCUT2D eigenvalue weighted by Gasteiger charge is -2.08. The van der Waals surface area contributed by atoms with Crippen molar-refractivity contribution in [3.63, 3.8) is 0 Å². The molecule has 0 bridgehead atoms. The zero-order valence-corrected chi connectivity index (χ0v) is 11.3. The molecule has 20 heavy (non-hydrogen) atoms. The number of benzene rings is 1.